The number of hydrogen-bond donors (Lipinski definition) is 1. The van der Waals surface area contributed by atoms with Crippen molar-refractivity contribution in [3.05, 3.63) is 29.6 Å². The van der Waals surface area contributed by atoms with Crippen LogP contribution in [0.5, 0.6) is 0 Å². The zero-order valence-electron chi connectivity index (χ0n) is 9.45. The molecular formula is C13H17FOS. The Kier molecular flexibility index (Phi) is 3.87. The van der Waals surface area contributed by atoms with Crippen LogP contribution in [0.15, 0.2) is 23.1 Å². The zero-order valence-corrected chi connectivity index (χ0v) is 10.3. The maximum atomic E-state index is 13.6. The van der Waals surface area contributed by atoms with Crippen LogP contribution in [0.3, 0.4) is 0 Å². The highest BCUT2D eigenvalue weighted by atomic mass is 32.2. The molecule has 1 atom stereocenters. The summed E-state index contributed by atoms with van der Waals surface area (Å²) in [5.74, 6) is -0.294. The Bertz CT molecular complexity index is 359. The van der Waals surface area contributed by atoms with Gasteiger partial charge >= 0.3 is 0 Å². The van der Waals surface area contributed by atoms with Gasteiger partial charge in [-0.15, -0.1) is 11.8 Å². The Morgan fingerprint density at radius 2 is 2.06 bits per heavy atom. The van der Waals surface area contributed by atoms with Gasteiger partial charge in [0.2, 0.25) is 0 Å². The summed E-state index contributed by atoms with van der Waals surface area (Å²) >= 11 is 1.72. The minimum Gasteiger partial charge on any atom is -0.389 e. The Hall–Kier alpha value is -0.540. The van der Waals surface area contributed by atoms with Crippen molar-refractivity contribution in [1.29, 1.82) is 0 Å². The molecule has 2 rings (SSSR count). The fourth-order valence-electron chi connectivity index (χ4n) is 2.21. The quantitative estimate of drug-likeness (QED) is 0.864. The third-order valence-electron chi connectivity index (χ3n) is 3.03. The molecular weight excluding hydrogens is 223 g/mol. The Labute approximate surface area is 100 Å². The number of hydrogen-bond acceptors (Lipinski definition) is 2. The number of rotatable bonds is 3. The van der Waals surface area contributed by atoms with Gasteiger partial charge in [-0.1, -0.05) is 18.9 Å². The summed E-state index contributed by atoms with van der Waals surface area (Å²) in [5.41, 5.74) is 0.458. The van der Waals surface area contributed by atoms with E-state index in [1.54, 1.807) is 24.8 Å². The lowest BCUT2D eigenvalue weighted by molar-refractivity contribution is 0.191. The smallest absolute Gasteiger partial charge is 0.130 e. The van der Waals surface area contributed by atoms with E-state index < -0.39 is 6.10 Å². The van der Waals surface area contributed by atoms with Gasteiger partial charge < -0.3 is 5.11 Å². The van der Waals surface area contributed by atoms with Gasteiger partial charge in [0, 0.05) is 15.7 Å². The van der Waals surface area contributed by atoms with Crippen molar-refractivity contribution in [1.82, 2.24) is 0 Å². The molecule has 1 aliphatic rings. The van der Waals surface area contributed by atoms with Gasteiger partial charge in [0.25, 0.3) is 0 Å². The topological polar surface area (TPSA) is 20.2 Å². The van der Waals surface area contributed by atoms with E-state index in [2.05, 4.69) is 0 Å². The Balaban J connectivity index is 2.21. The first kappa shape index (κ1) is 11.9. The Morgan fingerprint density at radius 3 is 2.69 bits per heavy atom. The SMILES string of the molecule is C[C@H](O)c1c(F)cccc1SC1CCCC1. The second kappa shape index (κ2) is 5.19. The molecule has 1 N–H and O–H groups in total. The molecule has 0 aliphatic heterocycles. The number of aliphatic hydroxyl groups excluding tert-OH is 1. The molecule has 3 heteroatoms. The molecule has 0 amide bonds. The summed E-state index contributed by atoms with van der Waals surface area (Å²) in [7, 11) is 0. The van der Waals surface area contributed by atoms with Crippen LogP contribution in [0, 0.1) is 5.82 Å². The van der Waals surface area contributed by atoms with Crippen LogP contribution in [0.2, 0.25) is 0 Å². The highest BCUT2D eigenvalue weighted by Crippen LogP contribution is 2.38. The van der Waals surface area contributed by atoms with Gasteiger partial charge in [0.05, 0.1) is 6.10 Å². The van der Waals surface area contributed by atoms with Crippen molar-refractivity contribution >= 4 is 11.8 Å². The molecule has 0 radical (unpaired) electrons. The normalized spacial score (nSPS) is 18.9. The third-order valence-corrected chi connectivity index (χ3v) is 4.44. The first-order valence-corrected chi connectivity index (χ1v) is 6.69. The van der Waals surface area contributed by atoms with E-state index in [1.807, 2.05) is 6.07 Å². The van der Waals surface area contributed by atoms with Crippen LogP contribution >= 0.6 is 11.8 Å². The van der Waals surface area contributed by atoms with Crippen molar-refractivity contribution in [2.24, 2.45) is 0 Å². The summed E-state index contributed by atoms with van der Waals surface area (Å²) in [6, 6.07) is 5.05. The van der Waals surface area contributed by atoms with Gasteiger partial charge in [-0.05, 0) is 31.9 Å². The monoisotopic (exact) mass is 240 g/mol. The lowest BCUT2D eigenvalue weighted by Crippen LogP contribution is -2.01. The third kappa shape index (κ3) is 2.58. The average molecular weight is 240 g/mol. The molecule has 1 aromatic rings. The van der Waals surface area contributed by atoms with E-state index in [0.717, 1.165) is 4.90 Å². The Morgan fingerprint density at radius 1 is 1.38 bits per heavy atom. The number of benzene rings is 1. The molecule has 88 valence electrons. The van der Waals surface area contributed by atoms with Crippen molar-refractivity contribution in [2.45, 2.75) is 48.9 Å². The summed E-state index contributed by atoms with van der Waals surface area (Å²) in [6.45, 7) is 1.62. The van der Waals surface area contributed by atoms with Crippen molar-refractivity contribution < 1.29 is 9.50 Å². The first-order chi connectivity index (χ1) is 7.68. The molecule has 0 spiro atoms. The molecule has 0 bridgehead atoms. The largest absolute Gasteiger partial charge is 0.389 e. The van der Waals surface area contributed by atoms with Crippen LogP contribution in [-0.2, 0) is 0 Å². The molecule has 1 saturated carbocycles. The molecule has 1 aromatic carbocycles. The lowest BCUT2D eigenvalue weighted by Gasteiger charge is -2.15. The van der Waals surface area contributed by atoms with Gasteiger partial charge in [-0.2, -0.15) is 0 Å². The van der Waals surface area contributed by atoms with Crippen molar-refractivity contribution in [2.75, 3.05) is 0 Å². The second-order valence-corrected chi connectivity index (χ2v) is 5.69. The van der Waals surface area contributed by atoms with Crippen LogP contribution in [0.1, 0.15) is 44.3 Å². The fourth-order valence-corrected chi connectivity index (χ4v) is 3.69. The molecule has 0 unspecified atom stereocenters. The summed E-state index contributed by atoms with van der Waals surface area (Å²) in [4.78, 5) is 0.905. The number of thioether (sulfide) groups is 1. The van der Waals surface area contributed by atoms with E-state index in [-0.39, 0.29) is 5.82 Å². The van der Waals surface area contributed by atoms with E-state index in [4.69, 9.17) is 0 Å². The van der Waals surface area contributed by atoms with Crippen LogP contribution in [0.4, 0.5) is 4.39 Å². The summed E-state index contributed by atoms with van der Waals surface area (Å²) in [6.07, 6.45) is 4.24. The molecule has 1 nitrogen and oxygen atoms in total. The lowest BCUT2D eigenvalue weighted by atomic mass is 10.1. The first-order valence-electron chi connectivity index (χ1n) is 5.81. The minimum atomic E-state index is -0.731. The summed E-state index contributed by atoms with van der Waals surface area (Å²) < 4.78 is 13.6. The second-order valence-electron chi connectivity index (χ2n) is 4.35. The van der Waals surface area contributed by atoms with E-state index >= 15 is 0 Å². The van der Waals surface area contributed by atoms with E-state index in [1.165, 1.54) is 31.7 Å². The highest BCUT2D eigenvalue weighted by Gasteiger charge is 2.20. The minimum absolute atomic E-state index is 0.294. The van der Waals surface area contributed by atoms with Gasteiger partial charge in [0.15, 0.2) is 0 Å². The predicted octanol–water partition coefficient (Wildman–Crippen LogP) is 3.91. The highest BCUT2D eigenvalue weighted by molar-refractivity contribution is 8.00. The summed E-state index contributed by atoms with van der Waals surface area (Å²) in [5, 5.41) is 10.2. The predicted molar refractivity (Wildman–Crippen MR) is 65.1 cm³/mol. The zero-order chi connectivity index (χ0) is 11.5. The molecule has 1 fully saturated rings. The van der Waals surface area contributed by atoms with Gasteiger partial charge in [-0.3, -0.25) is 0 Å². The number of halogens is 1. The van der Waals surface area contributed by atoms with Crippen LogP contribution < -0.4 is 0 Å². The van der Waals surface area contributed by atoms with Gasteiger partial charge in [-0.25, -0.2) is 4.39 Å². The van der Waals surface area contributed by atoms with Crippen LogP contribution in [0.25, 0.3) is 0 Å². The van der Waals surface area contributed by atoms with Crippen LogP contribution in [-0.4, -0.2) is 10.4 Å². The van der Waals surface area contributed by atoms with E-state index in [9.17, 15) is 9.50 Å². The average Bonchev–Trinajstić information content (AvgIpc) is 2.70. The standard InChI is InChI=1S/C13H17FOS/c1-9(15)13-11(14)7-4-8-12(13)16-10-5-2-3-6-10/h4,7-10,15H,2-3,5-6H2,1H3/t9-/m0/s1. The molecule has 0 saturated heterocycles. The molecule has 16 heavy (non-hydrogen) atoms. The van der Waals surface area contributed by atoms with Crippen molar-refractivity contribution in [3.8, 4) is 0 Å². The number of aliphatic hydroxyl groups is 1. The molecule has 1 aliphatic carbocycles. The maximum absolute atomic E-state index is 13.6. The fraction of sp³-hybridized carbons (Fsp3) is 0.538. The molecule has 0 aromatic heterocycles. The molecule has 0 heterocycles. The maximum Gasteiger partial charge on any atom is 0.130 e. The van der Waals surface area contributed by atoms with E-state index in [0.29, 0.717) is 10.8 Å². The van der Waals surface area contributed by atoms with Gasteiger partial charge in [0.1, 0.15) is 5.82 Å². The van der Waals surface area contributed by atoms with Crippen molar-refractivity contribution in [3.63, 3.8) is 0 Å².